The van der Waals surface area contributed by atoms with Gasteiger partial charge in [0.2, 0.25) is 0 Å². The number of amides is 2. The van der Waals surface area contributed by atoms with E-state index in [9.17, 15) is 29.4 Å². The maximum Gasteiger partial charge on any atom is 0.373 e. The van der Waals surface area contributed by atoms with Gasteiger partial charge in [-0.2, -0.15) is 4.89 Å². The van der Waals surface area contributed by atoms with Gasteiger partial charge in [0.25, 0.3) is 11.8 Å². The number of rotatable bonds is 15. The summed E-state index contributed by atoms with van der Waals surface area (Å²) in [6, 6.07) is 27.6. The van der Waals surface area contributed by atoms with E-state index in [1.807, 2.05) is 12.1 Å². The normalized spacial score (nSPS) is 13.0. The number of hydrogen-bond donors (Lipinski definition) is 4. The van der Waals surface area contributed by atoms with Crippen molar-refractivity contribution in [2.75, 3.05) is 13.1 Å². The van der Waals surface area contributed by atoms with Crippen LogP contribution in [0, 0.1) is 0 Å². The number of carbonyl (C=O) groups is 4. The van der Waals surface area contributed by atoms with Crippen LogP contribution in [0.4, 0.5) is 0 Å². The summed E-state index contributed by atoms with van der Waals surface area (Å²) in [5.74, 6) is -1.74. The topological polar surface area (TPSA) is 160 Å². The molecule has 11 heteroatoms. The number of esters is 1. The second-order valence-corrected chi connectivity index (χ2v) is 13.1. The number of ether oxygens (including phenoxy) is 1. The monoisotopic (exact) mass is 696 g/mol. The summed E-state index contributed by atoms with van der Waals surface area (Å²) < 4.78 is 5.63. The third-order valence-corrected chi connectivity index (χ3v) is 7.75. The largest absolute Gasteiger partial charge is 0.459 e. The van der Waals surface area contributed by atoms with Gasteiger partial charge in [0, 0.05) is 30.6 Å². The Bertz CT molecular complexity index is 1780. The molecule has 0 spiro atoms. The molecule has 0 heterocycles. The minimum atomic E-state index is -0.970. The second-order valence-electron chi connectivity index (χ2n) is 13.1. The van der Waals surface area contributed by atoms with Gasteiger partial charge in [-0.3, -0.25) is 14.5 Å². The van der Waals surface area contributed by atoms with Crippen LogP contribution in [-0.2, 0) is 14.5 Å². The zero-order valence-corrected chi connectivity index (χ0v) is 29.3. The molecule has 3 unspecified atom stereocenters. The van der Waals surface area contributed by atoms with Gasteiger partial charge in [-0.1, -0.05) is 48.5 Å². The van der Waals surface area contributed by atoms with E-state index in [4.69, 9.17) is 14.5 Å². The van der Waals surface area contributed by atoms with E-state index in [-0.39, 0.29) is 36.9 Å². The van der Waals surface area contributed by atoms with Crippen LogP contribution in [0.25, 0.3) is 22.3 Å². The highest BCUT2D eigenvalue weighted by atomic mass is 17.2. The van der Waals surface area contributed by atoms with Crippen molar-refractivity contribution < 1.29 is 43.9 Å². The van der Waals surface area contributed by atoms with Gasteiger partial charge in [0.1, 0.15) is 11.7 Å². The smallest absolute Gasteiger partial charge is 0.373 e. The molecule has 0 fully saturated rings. The molecule has 3 atom stereocenters. The van der Waals surface area contributed by atoms with E-state index >= 15 is 0 Å². The summed E-state index contributed by atoms with van der Waals surface area (Å²) in [5.41, 5.74) is 4.01. The Kier molecular flexibility index (Phi) is 13.2. The van der Waals surface area contributed by atoms with Gasteiger partial charge in [0.15, 0.2) is 0 Å². The lowest BCUT2D eigenvalue weighted by Crippen LogP contribution is -2.32. The third-order valence-electron chi connectivity index (χ3n) is 7.75. The van der Waals surface area contributed by atoms with Crippen molar-refractivity contribution in [3.8, 4) is 22.3 Å². The van der Waals surface area contributed by atoms with E-state index in [1.54, 1.807) is 120 Å². The molecule has 11 nitrogen and oxygen atoms in total. The fourth-order valence-corrected chi connectivity index (χ4v) is 5.13. The predicted molar refractivity (Wildman–Crippen MR) is 192 cm³/mol. The molecule has 0 saturated heterocycles. The van der Waals surface area contributed by atoms with Crippen molar-refractivity contribution in [3.05, 3.63) is 119 Å². The van der Waals surface area contributed by atoms with Gasteiger partial charge in [-0.15, -0.1) is 0 Å². The third kappa shape index (κ3) is 11.6. The summed E-state index contributed by atoms with van der Waals surface area (Å²) in [6.45, 7) is 8.69. The highest BCUT2D eigenvalue weighted by Crippen LogP contribution is 2.24. The summed E-state index contributed by atoms with van der Waals surface area (Å²) in [6.07, 6.45) is -1.59. The van der Waals surface area contributed by atoms with Crippen LogP contribution in [0.2, 0.25) is 0 Å². The van der Waals surface area contributed by atoms with Crippen LogP contribution in [0.3, 0.4) is 0 Å². The van der Waals surface area contributed by atoms with E-state index in [0.29, 0.717) is 16.7 Å². The zero-order valence-electron chi connectivity index (χ0n) is 29.3. The van der Waals surface area contributed by atoms with Gasteiger partial charge < -0.3 is 25.6 Å². The molecule has 2 amide bonds. The maximum absolute atomic E-state index is 12.9. The Morgan fingerprint density at radius 1 is 0.569 bits per heavy atom. The SMILES string of the molecule is CC(O)CNC(=O)c1ccc(-c2ccc(C(=O)OOC(C)(C)CC(C)OC(=O)c3ccc(-c4ccc(C(=O)NCC(C)O)cc4)cc3)cc2)cc1. The van der Waals surface area contributed by atoms with E-state index in [0.717, 1.165) is 22.3 Å². The summed E-state index contributed by atoms with van der Waals surface area (Å²) >= 11 is 0. The molecule has 4 aromatic carbocycles. The zero-order chi connectivity index (χ0) is 37.1. The van der Waals surface area contributed by atoms with Crippen LogP contribution in [0.15, 0.2) is 97.1 Å². The number of benzene rings is 4. The summed E-state index contributed by atoms with van der Waals surface area (Å²) in [7, 11) is 0. The standard InChI is InChI=1S/C40H44N2O9/c1-25(43)23-41-36(45)32-14-6-28(7-15-32)30-10-18-34(19-11-30)38(47)49-27(3)22-40(4,5)51-50-39(48)35-20-12-31(13-21-35)29-8-16-33(17-9-29)37(46)42-24-26(2)44/h6-21,25-27,43-44H,22-24H2,1-5H3,(H,41,45)(H,42,46). The minimum absolute atomic E-state index is 0.165. The minimum Gasteiger partial charge on any atom is -0.459 e. The molecule has 0 bridgehead atoms. The molecule has 51 heavy (non-hydrogen) atoms. The first-order valence-corrected chi connectivity index (χ1v) is 16.7. The lowest BCUT2D eigenvalue weighted by Gasteiger charge is -2.26. The van der Waals surface area contributed by atoms with Crippen molar-refractivity contribution >= 4 is 23.8 Å². The first kappa shape index (κ1) is 38.4. The second kappa shape index (κ2) is 17.5. The van der Waals surface area contributed by atoms with Crippen LogP contribution in [-0.4, -0.2) is 71.0 Å². The Morgan fingerprint density at radius 3 is 1.25 bits per heavy atom. The van der Waals surface area contributed by atoms with Crippen molar-refractivity contribution in [2.45, 2.75) is 65.0 Å². The Hall–Kier alpha value is -5.36. The average molecular weight is 697 g/mol. The lowest BCUT2D eigenvalue weighted by molar-refractivity contribution is -0.311. The van der Waals surface area contributed by atoms with E-state index in [2.05, 4.69) is 10.6 Å². The molecule has 268 valence electrons. The molecule has 4 N–H and O–H groups in total. The number of nitrogens with one attached hydrogen (secondary N) is 2. The Balaban J connectivity index is 1.24. The first-order valence-electron chi connectivity index (χ1n) is 16.7. The molecule has 4 rings (SSSR count). The fourth-order valence-electron chi connectivity index (χ4n) is 5.13. The molecule has 0 aliphatic carbocycles. The fraction of sp³-hybridized carbons (Fsp3) is 0.300. The van der Waals surface area contributed by atoms with Crippen LogP contribution in [0.5, 0.6) is 0 Å². The molecular weight excluding hydrogens is 652 g/mol. The van der Waals surface area contributed by atoms with E-state index < -0.39 is 35.9 Å². The van der Waals surface area contributed by atoms with Crippen LogP contribution >= 0.6 is 0 Å². The summed E-state index contributed by atoms with van der Waals surface area (Å²) in [5, 5.41) is 24.0. The number of aliphatic hydroxyl groups excluding tert-OH is 2. The van der Waals surface area contributed by atoms with Crippen molar-refractivity contribution in [1.29, 1.82) is 0 Å². The molecule has 0 aliphatic heterocycles. The highest BCUT2D eigenvalue weighted by Gasteiger charge is 2.28. The van der Waals surface area contributed by atoms with Crippen molar-refractivity contribution in [1.82, 2.24) is 10.6 Å². The summed E-state index contributed by atoms with van der Waals surface area (Å²) in [4.78, 5) is 60.6. The Labute approximate surface area is 297 Å². The number of hydrogen-bond acceptors (Lipinski definition) is 9. The number of aliphatic hydroxyl groups is 2. The van der Waals surface area contributed by atoms with Gasteiger partial charge >= 0.3 is 11.9 Å². The molecule has 4 aromatic rings. The van der Waals surface area contributed by atoms with Crippen LogP contribution < -0.4 is 10.6 Å². The van der Waals surface area contributed by atoms with Gasteiger partial charge in [-0.25, -0.2) is 9.59 Å². The number of carbonyl (C=O) groups excluding carboxylic acids is 4. The van der Waals surface area contributed by atoms with Crippen molar-refractivity contribution in [2.24, 2.45) is 0 Å². The quantitative estimate of drug-likeness (QED) is 0.0690. The van der Waals surface area contributed by atoms with E-state index in [1.165, 1.54) is 0 Å². The molecule has 0 aliphatic rings. The van der Waals surface area contributed by atoms with Crippen molar-refractivity contribution in [3.63, 3.8) is 0 Å². The molecule has 0 aromatic heterocycles. The Morgan fingerprint density at radius 2 is 0.902 bits per heavy atom. The highest BCUT2D eigenvalue weighted by molar-refractivity contribution is 5.95. The lowest BCUT2D eigenvalue weighted by atomic mass is 10.0. The molecular formula is C40H44N2O9. The van der Waals surface area contributed by atoms with Gasteiger partial charge in [-0.05, 0) is 105 Å². The van der Waals surface area contributed by atoms with Crippen LogP contribution in [0.1, 0.15) is 82.5 Å². The average Bonchev–Trinajstić information content (AvgIpc) is 3.11. The molecule has 0 saturated carbocycles. The molecule has 0 radical (unpaired) electrons. The predicted octanol–water partition coefficient (Wildman–Crippen LogP) is 5.74. The first-order chi connectivity index (χ1) is 24.2. The maximum atomic E-state index is 12.9. The van der Waals surface area contributed by atoms with Gasteiger partial charge in [0.05, 0.1) is 23.3 Å².